The largest absolute Gasteiger partial charge is 0.393 e. The molecule has 1 aromatic carbocycles. The van der Waals surface area contributed by atoms with Gasteiger partial charge in [0.1, 0.15) is 6.04 Å². The zero-order valence-electron chi connectivity index (χ0n) is 16.5. The number of aryl methyl sites for hydroxylation is 1. The highest BCUT2D eigenvalue weighted by molar-refractivity contribution is 9.09. The fourth-order valence-electron chi connectivity index (χ4n) is 5.20. The van der Waals surface area contributed by atoms with Crippen LogP contribution in [-0.4, -0.2) is 39.2 Å². The third kappa shape index (κ3) is 4.25. The molecule has 0 bridgehead atoms. The van der Waals surface area contributed by atoms with Crippen molar-refractivity contribution in [1.29, 1.82) is 0 Å². The summed E-state index contributed by atoms with van der Waals surface area (Å²) in [7, 11) is 0. The number of alkyl halides is 1. The van der Waals surface area contributed by atoms with Crippen LogP contribution in [0.15, 0.2) is 24.3 Å². The summed E-state index contributed by atoms with van der Waals surface area (Å²) in [5.41, 5.74) is 3.69. The predicted octanol–water partition coefficient (Wildman–Crippen LogP) is 4.13. The number of H-pyrrole nitrogens is 1. The molecule has 29 heavy (non-hydrogen) atoms. The minimum absolute atomic E-state index is 0.0861. The number of aromatic amines is 1. The molecule has 2 heterocycles. The summed E-state index contributed by atoms with van der Waals surface area (Å²) in [6, 6.07) is 8.53. The van der Waals surface area contributed by atoms with Gasteiger partial charge in [-0.25, -0.2) is 0 Å². The number of carbonyl (C=O) groups excluding carboxylic acids is 2. The van der Waals surface area contributed by atoms with Crippen molar-refractivity contribution in [3.05, 3.63) is 47.0 Å². The third-order valence-electron chi connectivity index (χ3n) is 6.65. The normalized spacial score (nSPS) is 28.6. The molecule has 0 unspecified atom stereocenters. The summed E-state index contributed by atoms with van der Waals surface area (Å²) in [5.74, 6) is 1.33. The van der Waals surface area contributed by atoms with Crippen LogP contribution in [0.4, 0.5) is 0 Å². The highest BCUT2D eigenvalue weighted by Crippen LogP contribution is 2.47. The maximum Gasteiger partial charge on any atom is 0.373 e. The highest BCUT2D eigenvalue weighted by Gasteiger charge is 2.46. The molecule has 7 heteroatoms. The first-order valence-corrected chi connectivity index (χ1v) is 11.1. The van der Waals surface area contributed by atoms with Gasteiger partial charge >= 0.3 is 6.15 Å². The fraction of sp³-hybridized carbons (Fsp3) is 0.545. The molecule has 0 radical (unpaired) electrons. The average molecular weight is 460 g/mol. The van der Waals surface area contributed by atoms with E-state index >= 15 is 0 Å². The minimum atomic E-state index is -0.193. The zero-order chi connectivity index (χ0) is 21.0. The number of aliphatic hydroxyl groups is 1. The Kier molecular flexibility index (Phi) is 7.13. The molecule has 0 spiro atoms. The van der Waals surface area contributed by atoms with Gasteiger partial charge in [-0.1, -0.05) is 41.1 Å². The van der Waals surface area contributed by atoms with E-state index in [0.29, 0.717) is 17.8 Å². The van der Waals surface area contributed by atoms with E-state index in [0.717, 1.165) is 43.1 Å². The molecule has 1 aliphatic carbocycles. The van der Waals surface area contributed by atoms with Gasteiger partial charge in [-0.05, 0) is 55.1 Å². The number of aliphatic hydroxyl groups excluding tert-OH is 1. The van der Waals surface area contributed by atoms with Crippen LogP contribution in [0.1, 0.15) is 43.5 Å². The number of fused-ring (bicyclic) bond motifs is 2. The van der Waals surface area contributed by atoms with Crippen LogP contribution in [0, 0.1) is 24.3 Å². The van der Waals surface area contributed by atoms with Gasteiger partial charge in [0.25, 0.3) is 0 Å². The van der Waals surface area contributed by atoms with Crippen LogP contribution < -0.4 is 0 Å². The Balaban J connectivity index is 0.000000755. The topological polar surface area (TPSA) is 77.8 Å². The van der Waals surface area contributed by atoms with Crippen molar-refractivity contribution >= 4 is 33.0 Å². The lowest BCUT2D eigenvalue weighted by molar-refractivity contribution is -0.191. The second-order valence-electron chi connectivity index (χ2n) is 7.99. The van der Waals surface area contributed by atoms with Gasteiger partial charge in [-0.15, -0.1) is 5.01 Å². The Hall–Kier alpha value is -2.13. The van der Waals surface area contributed by atoms with Crippen LogP contribution >= 0.6 is 15.9 Å². The molecule has 154 valence electrons. The number of halogens is 1. The number of para-hydroxylation sites is 1. The maximum absolute atomic E-state index is 10.4. The van der Waals surface area contributed by atoms with Crippen molar-refractivity contribution in [1.82, 2.24) is 9.99 Å². The first-order valence-electron chi connectivity index (χ1n) is 10.0. The molecule has 1 saturated heterocycles. The second kappa shape index (κ2) is 9.58. The second-order valence-corrected chi connectivity index (χ2v) is 8.78. The SMILES string of the molecule is O=C=O.[C-]#[N+]N1C[C@@H]2CC[C@H](O)[C@H](C)[C@H]2C[C@H]1c1[nH]c2ccccc2c1CCBr. The van der Waals surface area contributed by atoms with Crippen LogP contribution in [0.2, 0.25) is 0 Å². The Bertz CT molecular complexity index is 916. The Morgan fingerprint density at radius 1 is 1.34 bits per heavy atom. The molecule has 5 atom stereocenters. The van der Waals surface area contributed by atoms with E-state index in [2.05, 4.69) is 57.1 Å². The standard InChI is InChI=1S/C21H26BrN3O.CO2/c1-13-17-11-19(25(23-2)12-14(17)7-8-20(13)26)21-16(9-10-22)15-5-3-4-6-18(15)24-21;2-1-3/h3-6,13-14,17,19-20,24,26H,7-12H2,1H3;/t13-,14+,17-,19+,20+;/m1./s1. The number of aromatic nitrogens is 1. The smallest absolute Gasteiger partial charge is 0.373 e. The van der Waals surface area contributed by atoms with Crippen molar-refractivity contribution < 1.29 is 14.7 Å². The van der Waals surface area contributed by atoms with Crippen molar-refractivity contribution in [3.63, 3.8) is 0 Å². The number of nitrogens with one attached hydrogen (secondary N) is 1. The lowest BCUT2D eigenvalue weighted by Crippen LogP contribution is -2.47. The third-order valence-corrected chi connectivity index (χ3v) is 7.05. The lowest BCUT2D eigenvalue weighted by atomic mass is 9.66. The first-order chi connectivity index (χ1) is 14.0. The molecule has 0 amide bonds. The molecule has 4 rings (SSSR count). The molecule has 1 aliphatic heterocycles. The Morgan fingerprint density at radius 3 is 2.76 bits per heavy atom. The quantitative estimate of drug-likeness (QED) is 0.534. The van der Waals surface area contributed by atoms with Gasteiger partial charge in [-0.2, -0.15) is 21.1 Å². The van der Waals surface area contributed by atoms with Crippen molar-refractivity contribution in [2.24, 2.45) is 17.8 Å². The van der Waals surface area contributed by atoms with Crippen LogP contribution in [0.25, 0.3) is 15.9 Å². The molecule has 2 aromatic rings. The first kappa shape index (κ1) is 21.6. The fourth-order valence-corrected chi connectivity index (χ4v) is 5.60. The monoisotopic (exact) mass is 459 g/mol. The number of piperidine rings is 1. The van der Waals surface area contributed by atoms with Crippen molar-refractivity contribution in [2.45, 2.75) is 44.8 Å². The summed E-state index contributed by atoms with van der Waals surface area (Å²) >= 11 is 3.60. The highest BCUT2D eigenvalue weighted by atomic mass is 79.9. The Labute approximate surface area is 179 Å². The van der Waals surface area contributed by atoms with Gasteiger partial charge in [0, 0.05) is 21.9 Å². The van der Waals surface area contributed by atoms with E-state index in [1.54, 1.807) is 0 Å². The number of hydrogen-bond donors (Lipinski definition) is 2. The molecule has 2 aliphatic rings. The molecular weight excluding hydrogens is 434 g/mol. The molecule has 1 aromatic heterocycles. The lowest BCUT2D eigenvalue weighted by Gasteiger charge is -2.45. The van der Waals surface area contributed by atoms with Crippen LogP contribution in [0.5, 0.6) is 0 Å². The summed E-state index contributed by atoms with van der Waals surface area (Å²) in [6.45, 7) is 10.8. The van der Waals surface area contributed by atoms with E-state index in [1.165, 1.54) is 16.6 Å². The van der Waals surface area contributed by atoms with E-state index in [-0.39, 0.29) is 18.3 Å². The summed E-state index contributed by atoms with van der Waals surface area (Å²) < 4.78 is 0. The number of nitrogens with zero attached hydrogens (tertiary/aromatic N) is 2. The van der Waals surface area contributed by atoms with Gasteiger partial charge in [0.15, 0.2) is 0 Å². The molecular formula is C22H26BrN3O3. The number of benzene rings is 1. The Morgan fingerprint density at radius 2 is 2.07 bits per heavy atom. The average Bonchev–Trinajstić information content (AvgIpc) is 3.09. The molecule has 2 fully saturated rings. The molecule has 1 saturated carbocycles. The zero-order valence-corrected chi connectivity index (χ0v) is 18.1. The van der Waals surface area contributed by atoms with E-state index in [1.807, 2.05) is 5.01 Å². The van der Waals surface area contributed by atoms with Crippen molar-refractivity contribution in [2.75, 3.05) is 11.9 Å². The molecule has 2 N–H and O–H groups in total. The molecule has 6 nitrogen and oxygen atoms in total. The minimum Gasteiger partial charge on any atom is -0.393 e. The van der Waals surface area contributed by atoms with Gasteiger partial charge in [0.05, 0.1) is 12.6 Å². The van der Waals surface area contributed by atoms with Crippen molar-refractivity contribution in [3.8, 4) is 0 Å². The van der Waals surface area contributed by atoms with Gasteiger partial charge in [0.2, 0.25) is 0 Å². The predicted molar refractivity (Wildman–Crippen MR) is 113 cm³/mol. The van der Waals surface area contributed by atoms with Crippen LogP contribution in [-0.2, 0) is 16.0 Å². The summed E-state index contributed by atoms with van der Waals surface area (Å²) in [5, 5.41) is 14.5. The van der Waals surface area contributed by atoms with E-state index < -0.39 is 0 Å². The van der Waals surface area contributed by atoms with Crippen LogP contribution in [0.3, 0.4) is 0 Å². The number of hydrogen-bond acceptors (Lipinski definition) is 4. The number of rotatable bonds is 3. The van der Waals surface area contributed by atoms with E-state index in [9.17, 15) is 5.11 Å². The van der Waals surface area contributed by atoms with E-state index in [4.69, 9.17) is 16.2 Å². The summed E-state index contributed by atoms with van der Waals surface area (Å²) in [4.78, 5) is 23.8. The summed E-state index contributed by atoms with van der Waals surface area (Å²) in [6.07, 6.45) is 3.87. The van der Waals surface area contributed by atoms with Gasteiger partial charge in [-0.3, -0.25) is 0 Å². The maximum atomic E-state index is 10.4. The van der Waals surface area contributed by atoms with Gasteiger partial charge < -0.3 is 10.1 Å².